The minimum Gasteiger partial charge on any atom is -0.334 e. The van der Waals surface area contributed by atoms with Crippen LogP contribution in [0, 0.1) is 20.8 Å². The van der Waals surface area contributed by atoms with Gasteiger partial charge in [0.1, 0.15) is 0 Å². The van der Waals surface area contributed by atoms with Crippen LogP contribution in [-0.4, -0.2) is 6.03 Å². The average Bonchev–Trinajstić information content (AvgIpc) is 2.42. The molecule has 21 heavy (non-hydrogen) atoms. The number of benzene rings is 2. The van der Waals surface area contributed by atoms with Gasteiger partial charge in [0.2, 0.25) is 0 Å². The SMILES string of the molecule is Cc1ccccc1CNC(=O)Nc1c(C)cc(Br)cc1C. The van der Waals surface area contributed by atoms with Crippen LogP contribution in [0.3, 0.4) is 0 Å². The number of nitrogens with one attached hydrogen (secondary N) is 2. The standard InChI is InChI=1S/C17H19BrN2O/c1-11-6-4-5-7-14(11)10-19-17(21)20-16-12(2)8-15(18)9-13(16)3/h4-9H,10H2,1-3H3,(H2,19,20,21). The summed E-state index contributed by atoms with van der Waals surface area (Å²) in [6.45, 7) is 6.52. The van der Waals surface area contributed by atoms with Crippen molar-refractivity contribution in [2.24, 2.45) is 0 Å². The maximum Gasteiger partial charge on any atom is 0.319 e. The van der Waals surface area contributed by atoms with E-state index >= 15 is 0 Å². The molecule has 0 aliphatic carbocycles. The maximum atomic E-state index is 12.1. The molecule has 0 saturated carbocycles. The first-order chi connectivity index (χ1) is 9.97. The first kappa shape index (κ1) is 15.6. The molecule has 0 aliphatic rings. The summed E-state index contributed by atoms with van der Waals surface area (Å²) in [7, 11) is 0. The fraction of sp³-hybridized carbons (Fsp3) is 0.235. The quantitative estimate of drug-likeness (QED) is 0.831. The number of halogens is 1. The number of anilines is 1. The Morgan fingerprint density at radius 3 is 2.29 bits per heavy atom. The van der Waals surface area contributed by atoms with Gasteiger partial charge in [-0.15, -0.1) is 0 Å². The molecule has 2 aromatic rings. The number of urea groups is 1. The van der Waals surface area contributed by atoms with E-state index in [2.05, 4.69) is 26.6 Å². The summed E-state index contributed by atoms with van der Waals surface area (Å²) < 4.78 is 1.02. The van der Waals surface area contributed by atoms with Gasteiger partial charge in [-0.1, -0.05) is 40.2 Å². The molecule has 0 bridgehead atoms. The van der Waals surface area contributed by atoms with Gasteiger partial charge in [0.05, 0.1) is 0 Å². The predicted molar refractivity (Wildman–Crippen MR) is 90.7 cm³/mol. The van der Waals surface area contributed by atoms with Crippen LogP contribution in [0.2, 0.25) is 0 Å². The van der Waals surface area contributed by atoms with Crippen LogP contribution in [0.15, 0.2) is 40.9 Å². The summed E-state index contributed by atoms with van der Waals surface area (Å²) in [5.74, 6) is 0. The third-order valence-electron chi connectivity index (χ3n) is 3.44. The summed E-state index contributed by atoms with van der Waals surface area (Å²) in [6, 6.07) is 11.8. The molecule has 0 saturated heterocycles. The number of rotatable bonds is 3. The van der Waals surface area contributed by atoms with Gasteiger partial charge in [-0.2, -0.15) is 0 Å². The summed E-state index contributed by atoms with van der Waals surface area (Å²) in [4.78, 5) is 12.1. The second-order valence-corrected chi connectivity index (χ2v) is 6.06. The van der Waals surface area contributed by atoms with Crippen LogP contribution in [0.4, 0.5) is 10.5 Å². The van der Waals surface area contributed by atoms with E-state index < -0.39 is 0 Å². The van der Waals surface area contributed by atoms with Crippen molar-refractivity contribution < 1.29 is 4.79 Å². The molecular formula is C17H19BrN2O. The van der Waals surface area contributed by atoms with Crippen molar-refractivity contribution in [1.29, 1.82) is 0 Å². The lowest BCUT2D eigenvalue weighted by Gasteiger charge is -2.13. The molecule has 0 spiro atoms. The van der Waals surface area contributed by atoms with Crippen molar-refractivity contribution in [3.05, 3.63) is 63.1 Å². The molecule has 0 unspecified atom stereocenters. The van der Waals surface area contributed by atoms with Crippen LogP contribution in [0.1, 0.15) is 22.3 Å². The van der Waals surface area contributed by atoms with Crippen LogP contribution < -0.4 is 10.6 Å². The lowest BCUT2D eigenvalue weighted by Crippen LogP contribution is -2.29. The number of hydrogen-bond acceptors (Lipinski definition) is 1. The fourth-order valence-electron chi connectivity index (χ4n) is 2.25. The van der Waals surface area contributed by atoms with Crippen molar-refractivity contribution in [1.82, 2.24) is 5.32 Å². The molecule has 0 radical (unpaired) electrons. The van der Waals surface area contributed by atoms with E-state index in [0.717, 1.165) is 26.9 Å². The first-order valence-electron chi connectivity index (χ1n) is 6.83. The molecule has 0 aliphatic heterocycles. The third kappa shape index (κ3) is 4.08. The minimum absolute atomic E-state index is 0.188. The summed E-state index contributed by atoms with van der Waals surface area (Å²) in [5.41, 5.74) is 5.23. The Balaban J connectivity index is 2.01. The zero-order valence-corrected chi connectivity index (χ0v) is 14.0. The Bertz CT molecular complexity index is 645. The highest BCUT2D eigenvalue weighted by molar-refractivity contribution is 9.10. The van der Waals surface area contributed by atoms with Gasteiger partial charge < -0.3 is 10.6 Å². The van der Waals surface area contributed by atoms with E-state index in [1.165, 1.54) is 5.56 Å². The van der Waals surface area contributed by atoms with Gasteiger partial charge in [0.15, 0.2) is 0 Å². The third-order valence-corrected chi connectivity index (χ3v) is 3.89. The fourth-order valence-corrected chi connectivity index (χ4v) is 2.94. The van der Waals surface area contributed by atoms with Crippen molar-refractivity contribution in [2.45, 2.75) is 27.3 Å². The molecule has 0 atom stereocenters. The zero-order valence-electron chi connectivity index (χ0n) is 12.5. The van der Waals surface area contributed by atoms with E-state index in [0.29, 0.717) is 6.54 Å². The number of aryl methyl sites for hydroxylation is 3. The van der Waals surface area contributed by atoms with E-state index in [9.17, 15) is 4.79 Å². The molecule has 3 nitrogen and oxygen atoms in total. The smallest absolute Gasteiger partial charge is 0.319 e. The van der Waals surface area contributed by atoms with Gasteiger partial charge in [0, 0.05) is 16.7 Å². The van der Waals surface area contributed by atoms with E-state index in [4.69, 9.17) is 0 Å². The summed E-state index contributed by atoms with van der Waals surface area (Å²) in [6.07, 6.45) is 0. The number of carbonyl (C=O) groups is 1. The Morgan fingerprint density at radius 2 is 1.67 bits per heavy atom. The van der Waals surface area contributed by atoms with Gasteiger partial charge >= 0.3 is 6.03 Å². The molecule has 2 amide bonds. The largest absolute Gasteiger partial charge is 0.334 e. The predicted octanol–water partition coefficient (Wildman–Crippen LogP) is 4.70. The van der Waals surface area contributed by atoms with Gasteiger partial charge in [-0.25, -0.2) is 4.79 Å². The van der Waals surface area contributed by atoms with Gasteiger partial charge in [-0.3, -0.25) is 0 Å². The first-order valence-corrected chi connectivity index (χ1v) is 7.63. The van der Waals surface area contributed by atoms with E-state index in [-0.39, 0.29) is 6.03 Å². The second-order valence-electron chi connectivity index (χ2n) is 5.15. The molecule has 2 aromatic carbocycles. The molecule has 4 heteroatoms. The van der Waals surface area contributed by atoms with Gasteiger partial charge in [-0.05, 0) is 55.2 Å². The lowest BCUT2D eigenvalue weighted by molar-refractivity contribution is 0.251. The Kier molecular flexibility index (Phi) is 5.02. The van der Waals surface area contributed by atoms with Crippen molar-refractivity contribution in [3.63, 3.8) is 0 Å². The molecule has 2 rings (SSSR count). The van der Waals surface area contributed by atoms with Crippen LogP contribution in [0.5, 0.6) is 0 Å². The topological polar surface area (TPSA) is 41.1 Å². The van der Waals surface area contributed by atoms with Gasteiger partial charge in [0.25, 0.3) is 0 Å². The molecular weight excluding hydrogens is 328 g/mol. The molecule has 2 N–H and O–H groups in total. The molecule has 0 aromatic heterocycles. The van der Waals surface area contributed by atoms with Crippen molar-refractivity contribution in [3.8, 4) is 0 Å². The van der Waals surface area contributed by atoms with Crippen LogP contribution >= 0.6 is 15.9 Å². The monoisotopic (exact) mass is 346 g/mol. The number of hydrogen-bond donors (Lipinski definition) is 2. The number of amides is 2. The van der Waals surface area contributed by atoms with Crippen molar-refractivity contribution in [2.75, 3.05) is 5.32 Å². The number of carbonyl (C=O) groups excluding carboxylic acids is 1. The van der Waals surface area contributed by atoms with Crippen LogP contribution in [0.25, 0.3) is 0 Å². The second kappa shape index (κ2) is 6.76. The molecule has 0 heterocycles. The molecule has 0 fully saturated rings. The Labute approximate surface area is 133 Å². The van der Waals surface area contributed by atoms with Crippen LogP contribution in [-0.2, 0) is 6.54 Å². The minimum atomic E-state index is -0.188. The molecule has 110 valence electrons. The summed E-state index contributed by atoms with van der Waals surface area (Å²) >= 11 is 3.45. The van der Waals surface area contributed by atoms with E-state index in [1.54, 1.807) is 0 Å². The highest BCUT2D eigenvalue weighted by Crippen LogP contribution is 2.24. The zero-order chi connectivity index (χ0) is 15.4. The lowest BCUT2D eigenvalue weighted by atomic mass is 10.1. The average molecular weight is 347 g/mol. The highest BCUT2D eigenvalue weighted by atomic mass is 79.9. The summed E-state index contributed by atoms with van der Waals surface area (Å²) in [5, 5.41) is 5.82. The maximum absolute atomic E-state index is 12.1. The highest BCUT2D eigenvalue weighted by Gasteiger charge is 2.08. The Hall–Kier alpha value is -1.81. The van der Waals surface area contributed by atoms with Crippen molar-refractivity contribution >= 4 is 27.6 Å². The Morgan fingerprint density at radius 1 is 1.05 bits per heavy atom. The van der Waals surface area contributed by atoms with E-state index in [1.807, 2.05) is 57.2 Å². The normalized spacial score (nSPS) is 10.3.